The predicted octanol–water partition coefficient (Wildman–Crippen LogP) is 5.56. The first kappa shape index (κ1) is 21.7. The van der Waals surface area contributed by atoms with Gasteiger partial charge < -0.3 is 10.1 Å². The molecule has 8 heteroatoms. The molecule has 170 valence electrons. The monoisotopic (exact) mass is 471 g/mol. The van der Waals surface area contributed by atoms with Crippen molar-refractivity contribution in [1.29, 1.82) is 0 Å². The Hall–Kier alpha value is -4.10. The smallest absolute Gasteiger partial charge is 0.258 e. The van der Waals surface area contributed by atoms with Gasteiger partial charge in [-0.3, -0.25) is 10.1 Å². The largest absolute Gasteiger partial charge is 0.497 e. The molecule has 1 aromatic heterocycles. The summed E-state index contributed by atoms with van der Waals surface area (Å²) in [7, 11) is 1.58. The maximum Gasteiger partial charge on any atom is 0.258 e. The summed E-state index contributed by atoms with van der Waals surface area (Å²) in [5.41, 5.74) is 4.44. The molecule has 7 nitrogen and oxygen atoms in total. The number of aryl methyl sites for hydroxylation is 1. The SMILES string of the molecule is COc1ccc(C(=O)Nc2nc3n(n2)[C@H](c2ccccc2Cl)C=C(c2ccc(C)cc2)N3)cc1. The molecular weight excluding hydrogens is 450 g/mol. The number of anilines is 2. The molecule has 0 unspecified atom stereocenters. The fraction of sp³-hybridized carbons (Fsp3) is 0.115. The van der Waals surface area contributed by atoms with E-state index in [4.69, 9.17) is 16.3 Å². The molecule has 34 heavy (non-hydrogen) atoms. The number of fused-ring (bicyclic) bond motifs is 1. The van der Waals surface area contributed by atoms with E-state index in [1.807, 2.05) is 31.2 Å². The minimum absolute atomic E-state index is 0.193. The number of nitrogens with zero attached hydrogens (tertiary/aromatic N) is 3. The minimum atomic E-state index is -0.313. The molecule has 0 radical (unpaired) electrons. The van der Waals surface area contributed by atoms with Gasteiger partial charge in [0, 0.05) is 16.3 Å². The van der Waals surface area contributed by atoms with Crippen LogP contribution in [0.4, 0.5) is 11.9 Å². The average Bonchev–Trinajstić information content (AvgIpc) is 3.26. The second kappa shape index (κ2) is 9.03. The Morgan fingerprint density at radius 2 is 1.79 bits per heavy atom. The topological polar surface area (TPSA) is 81.1 Å². The quantitative estimate of drug-likeness (QED) is 0.398. The Bertz CT molecular complexity index is 1380. The lowest BCUT2D eigenvalue weighted by atomic mass is 10.0. The van der Waals surface area contributed by atoms with Gasteiger partial charge in [-0.05, 0) is 54.5 Å². The zero-order chi connectivity index (χ0) is 23.7. The van der Waals surface area contributed by atoms with Gasteiger partial charge in [-0.1, -0.05) is 59.6 Å². The van der Waals surface area contributed by atoms with Gasteiger partial charge in [-0.2, -0.15) is 4.98 Å². The highest BCUT2D eigenvalue weighted by molar-refractivity contribution is 6.31. The van der Waals surface area contributed by atoms with Crippen LogP contribution in [-0.2, 0) is 0 Å². The van der Waals surface area contributed by atoms with E-state index in [0.29, 0.717) is 22.3 Å². The van der Waals surface area contributed by atoms with Crippen LogP contribution in [0.25, 0.3) is 5.70 Å². The van der Waals surface area contributed by atoms with Crippen molar-refractivity contribution in [3.05, 3.63) is 106 Å². The molecule has 0 bridgehead atoms. The van der Waals surface area contributed by atoms with Crippen LogP contribution >= 0.6 is 11.6 Å². The summed E-state index contributed by atoms with van der Waals surface area (Å²) in [6, 6.07) is 22.4. The summed E-state index contributed by atoms with van der Waals surface area (Å²) in [6.45, 7) is 2.05. The number of methoxy groups -OCH3 is 1. The third kappa shape index (κ3) is 4.25. The van der Waals surface area contributed by atoms with Crippen LogP contribution in [0.5, 0.6) is 5.75 Å². The van der Waals surface area contributed by atoms with Gasteiger partial charge in [0.25, 0.3) is 11.9 Å². The highest BCUT2D eigenvalue weighted by atomic mass is 35.5. The lowest BCUT2D eigenvalue weighted by Gasteiger charge is -2.25. The Balaban J connectivity index is 1.49. The maximum atomic E-state index is 12.8. The molecule has 0 fully saturated rings. The lowest BCUT2D eigenvalue weighted by Crippen LogP contribution is -2.20. The molecule has 4 aromatic rings. The molecule has 0 aliphatic carbocycles. The Labute approximate surface area is 202 Å². The first-order valence-corrected chi connectivity index (χ1v) is 11.1. The Morgan fingerprint density at radius 3 is 2.50 bits per heavy atom. The summed E-state index contributed by atoms with van der Waals surface area (Å²) in [6.07, 6.45) is 2.06. The summed E-state index contributed by atoms with van der Waals surface area (Å²) in [5, 5.41) is 11.3. The second-order valence-electron chi connectivity index (χ2n) is 7.92. The normalized spacial score (nSPS) is 14.6. The highest BCUT2D eigenvalue weighted by Gasteiger charge is 2.27. The Kier molecular flexibility index (Phi) is 5.77. The van der Waals surface area contributed by atoms with Crippen LogP contribution in [0, 0.1) is 6.92 Å². The lowest BCUT2D eigenvalue weighted by molar-refractivity contribution is 0.102. The number of carbonyl (C=O) groups is 1. The van der Waals surface area contributed by atoms with Crippen molar-refractivity contribution in [3.8, 4) is 5.75 Å². The van der Waals surface area contributed by atoms with Gasteiger partial charge in [0.15, 0.2) is 0 Å². The first-order valence-electron chi connectivity index (χ1n) is 10.7. The van der Waals surface area contributed by atoms with Crippen molar-refractivity contribution in [3.63, 3.8) is 0 Å². The third-order valence-corrected chi connectivity index (χ3v) is 5.97. The van der Waals surface area contributed by atoms with Gasteiger partial charge >= 0.3 is 0 Å². The summed E-state index contributed by atoms with van der Waals surface area (Å²) >= 11 is 6.54. The highest BCUT2D eigenvalue weighted by Crippen LogP contribution is 2.36. The van der Waals surface area contributed by atoms with E-state index in [9.17, 15) is 4.79 Å². The molecule has 1 aliphatic heterocycles. The van der Waals surface area contributed by atoms with Crippen molar-refractivity contribution in [2.45, 2.75) is 13.0 Å². The Morgan fingerprint density at radius 1 is 1.06 bits per heavy atom. The number of aromatic nitrogens is 3. The van der Waals surface area contributed by atoms with E-state index >= 15 is 0 Å². The van der Waals surface area contributed by atoms with Crippen molar-refractivity contribution in [2.75, 3.05) is 17.7 Å². The van der Waals surface area contributed by atoms with Gasteiger partial charge in [-0.15, -0.1) is 5.10 Å². The van der Waals surface area contributed by atoms with Crippen LogP contribution in [0.15, 0.2) is 78.9 Å². The fourth-order valence-electron chi connectivity index (χ4n) is 3.80. The molecule has 5 rings (SSSR count). The van der Waals surface area contributed by atoms with E-state index in [-0.39, 0.29) is 17.9 Å². The van der Waals surface area contributed by atoms with Crippen molar-refractivity contribution in [1.82, 2.24) is 14.8 Å². The number of benzene rings is 3. The summed E-state index contributed by atoms with van der Waals surface area (Å²) in [5.74, 6) is 1.06. The third-order valence-electron chi connectivity index (χ3n) is 5.63. The van der Waals surface area contributed by atoms with Crippen molar-refractivity contribution >= 4 is 35.1 Å². The molecule has 2 heterocycles. The van der Waals surface area contributed by atoms with Gasteiger partial charge in [0.2, 0.25) is 5.95 Å². The minimum Gasteiger partial charge on any atom is -0.497 e. The van der Waals surface area contributed by atoms with E-state index in [1.165, 1.54) is 5.56 Å². The van der Waals surface area contributed by atoms with Crippen molar-refractivity contribution in [2.24, 2.45) is 0 Å². The fourth-order valence-corrected chi connectivity index (χ4v) is 4.05. The predicted molar refractivity (Wildman–Crippen MR) is 133 cm³/mol. The van der Waals surface area contributed by atoms with E-state index in [0.717, 1.165) is 16.8 Å². The molecule has 1 atom stereocenters. The number of hydrogen-bond acceptors (Lipinski definition) is 5. The zero-order valence-electron chi connectivity index (χ0n) is 18.6. The number of allylic oxidation sites excluding steroid dienone is 1. The second-order valence-corrected chi connectivity index (χ2v) is 8.33. The van der Waals surface area contributed by atoms with Crippen LogP contribution in [0.2, 0.25) is 5.02 Å². The zero-order valence-corrected chi connectivity index (χ0v) is 19.4. The average molecular weight is 472 g/mol. The van der Waals surface area contributed by atoms with Crippen molar-refractivity contribution < 1.29 is 9.53 Å². The van der Waals surface area contributed by atoms with E-state index in [1.54, 1.807) is 36.1 Å². The van der Waals surface area contributed by atoms with Gasteiger partial charge in [0.1, 0.15) is 11.8 Å². The number of rotatable bonds is 5. The number of carbonyl (C=O) groups excluding carboxylic acids is 1. The molecule has 0 saturated heterocycles. The van der Waals surface area contributed by atoms with Crippen LogP contribution in [0.3, 0.4) is 0 Å². The van der Waals surface area contributed by atoms with Crippen LogP contribution < -0.4 is 15.4 Å². The van der Waals surface area contributed by atoms with E-state index < -0.39 is 0 Å². The summed E-state index contributed by atoms with van der Waals surface area (Å²) in [4.78, 5) is 17.3. The summed E-state index contributed by atoms with van der Waals surface area (Å²) < 4.78 is 6.88. The molecule has 3 aromatic carbocycles. The standard InChI is InChI=1S/C26H22ClN5O2/c1-16-7-9-17(10-8-16)22-15-23(20-5-3-4-6-21(20)27)32-26(28-22)30-25(31-32)29-24(33)18-11-13-19(34-2)14-12-18/h3-15,23H,1-2H3,(H2,28,29,30,31,33)/t23-/m0/s1. The van der Waals surface area contributed by atoms with E-state index in [2.05, 4.69) is 51.1 Å². The molecular formula is C26H22ClN5O2. The molecule has 2 N–H and O–H groups in total. The molecule has 1 amide bonds. The van der Waals surface area contributed by atoms with Crippen LogP contribution in [-0.4, -0.2) is 27.8 Å². The molecule has 1 aliphatic rings. The van der Waals surface area contributed by atoms with Gasteiger partial charge in [-0.25, -0.2) is 4.68 Å². The number of halogens is 1. The van der Waals surface area contributed by atoms with Crippen LogP contribution in [0.1, 0.15) is 33.1 Å². The molecule has 0 saturated carbocycles. The number of nitrogens with one attached hydrogen (secondary N) is 2. The number of ether oxygens (including phenoxy) is 1. The molecule has 0 spiro atoms. The number of amides is 1. The maximum absolute atomic E-state index is 12.8. The number of hydrogen-bond donors (Lipinski definition) is 2. The first-order chi connectivity index (χ1) is 16.5. The van der Waals surface area contributed by atoms with Gasteiger partial charge in [0.05, 0.1) is 7.11 Å².